The first-order valence-electron chi connectivity index (χ1n) is 6.22. The fourth-order valence-corrected chi connectivity index (χ4v) is 2.40. The maximum Gasteiger partial charge on any atom is 0.416 e. The Morgan fingerprint density at radius 2 is 2.05 bits per heavy atom. The fourth-order valence-electron chi connectivity index (χ4n) is 2.40. The summed E-state index contributed by atoms with van der Waals surface area (Å²) in [6, 6.07) is 5.78. The number of alkyl halides is 3. The molecule has 2 aromatic rings. The summed E-state index contributed by atoms with van der Waals surface area (Å²) in [6.45, 7) is 2.17. The highest BCUT2D eigenvalue weighted by Crippen LogP contribution is 2.36. The van der Waals surface area contributed by atoms with Gasteiger partial charge in [0, 0.05) is 24.9 Å². The number of halogens is 3. The molecule has 0 unspecified atom stereocenters. The molecule has 0 aromatic carbocycles. The van der Waals surface area contributed by atoms with Crippen molar-refractivity contribution < 1.29 is 13.2 Å². The standard InChI is InChI=1S/C14H12F3N3/c1-9-7-10(14(15,16)17)8-13(19-9)20-6-4-11-12(20)3-2-5-18-11/h2-3,5,7-8H,4,6H2,1H3. The number of aryl methyl sites for hydroxylation is 1. The van der Waals surface area contributed by atoms with Gasteiger partial charge in [0.2, 0.25) is 0 Å². The van der Waals surface area contributed by atoms with Gasteiger partial charge >= 0.3 is 6.18 Å². The van der Waals surface area contributed by atoms with Crippen molar-refractivity contribution in [3.05, 3.63) is 47.4 Å². The number of anilines is 2. The second kappa shape index (κ2) is 4.47. The topological polar surface area (TPSA) is 29.0 Å². The highest BCUT2D eigenvalue weighted by molar-refractivity contribution is 5.66. The molecule has 20 heavy (non-hydrogen) atoms. The van der Waals surface area contributed by atoms with Crippen LogP contribution in [0.4, 0.5) is 24.7 Å². The molecular formula is C14H12F3N3. The van der Waals surface area contributed by atoms with E-state index in [0.717, 1.165) is 23.5 Å². The van der Waals surface area contributed by atoms with Gasteiger partial charge in [0.15, 0.2) is 0 Å². The average molecular weight is 279 g/mol. The minimum absolute atomic E-state index is 0.323. The monoisotopic (exact) mass is 279 g/mol. The number of hydrogen-bond donors (Lipinski definition) is 0. The van der Waals surface area contributed by atoms with E-state index in [0.29, 0.717) is 24.5 Å². The van der Waals surface area contributed by atoms with Crippen molar-refractivity contribution in [2.75, 3.05) is 11.4 Å². The molecule has 1 aliphatic rings. The summed E-state index contributed by atoms with van der Waals surface area (Å²) in [7, 11) is 0. The molecule has 3 rings (SSSR count). The van der Waals surface area contributed by atoms with Crippen LogP contribution in [0.3, 0.4) is 0 Å². The van der Waals surface area contributed by atoms with Crippen molar-refractivity contribution in [2.45, 2.75) is 19.5 Å². The summed E-state index contributed by atoms with van der Waals surface area (Å²) >= 11 is 0. The van der Waals surface area contributed by atoms with E-state index in [1.54, 1.807) is 24.1 Å². The van der Waals surface area contributed by atoms with E-state index < -0.39 is 11.7 Å². The number of pyridine rings is 2. The van der Waals surface area contributed by atoms with Gasteiger partial charge in [-0.1, -0.05) is 0 Å². The van der Waals surface area contributed by atoms with Crippen molar-refractivity contribution in [1.29, 1.82) is 0 Å². The molecule has 0 N–H and O–H groups in total. The van der Waals surface area contributed by atoms with E-state index in [1.165, 1.54) is 0 Å². The van der Waals surface area contributed by atoms with E-state index in [4.69, 9.17) is 0 Å². The number of nitrogens with zero attached hydrogens (tertiary/aromatic N) is 3. The van der Waals surface area contributed by atoms with E-state index >= 15 is 0 Å². The second-order valence-corrected chi connectivity index (χ2v) is 4.72. The van der Waals surface area contributed by atoms with Crippen LogP contribution in [0.2, 0.25) is 0 Å². The van der Waals surface area contributed by atoms with Crippen LogP contribution in [0.25, 0.3) is 0 Å². The van der Waals surface area contributed by atoms with Gasteiger partial charge in [-0.3, -0.25) is 4.98 Å². The fraction of sp³-hybridized carbons (Fsp3) is 0.286. The molecule has 0 atom stereocenters. The minimum Gasteiger partial charge on any atom is -0.324 e. The third kappa shape index (κ3) is 2.21. The Kier molecular flexibility index (Phi) is 2.88. The van der Waals surface area contributed by atoms with Crippen LogP contribution in [-0.2, 0) is 12.6 Å². The van der Waals surface area contributed by atoms with Gasteiger partial charge < -0.3 is 4.90 Å². The maximum absolute atomic E-state index is 12.9. The lowest BCUT2D eigenvalue weighted by Crippen LogP contribution is -2.17. The van der Waals surface area contributed by atoms with Crippen LogP contribution in [0.1, 0.15) is 17.0 Å². The smallest absolute Gasteiger partial charge is 0.324 e. The van der Waals surface area contributed by atoms with Crippen LogP contribution < -0.4 is 4.90 Å². The normalized spacial score (nSPS) is 14.5. The summed E-state index contributed by atoms with van der Waals surface area (Å²) < 4.78 is 38.6. The average Bonchev–Trinajstić information content (AvgIpc) is 2.80. The van der Waals surface area contributed by atoms with Crippen LogP contribution >= 0.6 is 0 Å². The Morgan fingerprint density at radius 1 is 1.25 bits per heavy atom. The number of hydrogen-bond acceptors (Lipinski definition) is 3. The summed E-state index contributed by atoms with van der Waals surface area (Å²) in [5.41, 5.74) is 1.41. The third-order valence-electron chi connectivity index (χ3n) is 3.27. The first kappa shape index (κ1) is 12.9. The van der Waals surface area contributed by atoms with Crippen LogP contribution in [0.5, 0.6) is 0 Å². The van der Waals surface area contributed by atoms with Gasteiger partial charge in [0.1, 0.15) is 5.82 Å². The zero-order valence-corrected chi connectivity index (χ0v) is 10.8. The van der Waals surface area contributed by atoms with Crippen LogP contribution in [-0.4, -0.2) is 16.5 Å². The molecule has 0 aliphatic carbocycles. The zero-order valence-electron chi connectivity index (χ0n) is 10.8. The Hall–Kier alpha value is -2.11. The molecule has 0 saturated carbocycles. The van der Waals surface area contributed by atoms with Gasteiger partial charge in [-0.25, -0.2) is 4.98 Å². The highest BCUT2D eigenvalue weighted by Gasteiger charge is 2.32. The molecule has 104 valence electrons. The van der Waals surface area contributed by atoms with Gasteiger partial charge in [-0.05, 0) is 31.2 Å². The molecular weight excluding hydrogens is 267 g/mol. The van der Waals surface area contributed by atoms with Crippen LogP contribution in [0.15, 0.2) is 30.5 Å². The molecule has 3 heterocycles. The molecule has 0 radical (unpaired) electrons. The third-order valence-corrected chi connectivity index (χ3v) is 3.27. The van der Waals surface area contributed by atoms with Crippen molar-refractivity contribution in [2.24, 2.45) is 0 Å². The summed E-state index contributed by atoms with van der Waals surface area (Å²) in [5.74, 6) is 0.323. The second-order valence-electron chi connectivity index (χ2n) is 4.72. The SMILES string of the molecule is Cc1cc(C(F)(F)F)cc(N2CCc3ncccc32)n1. The lowest BCUT2D eigenvalue weighted by Gasteiger charge is -2.20. The van der Waals surface area contributed by atoms with E-state index in [1.807, 2.05) is 6.07 Å². The highest BCUT2D eigenvalue weighted by atomic mass is 19.4. The molecule has 0 spiro atoms. The molecule has 3 nitrogen and oxygen atoms in total. The first-order valence-corrected chi connectivity index (χ1v) is 6.22. The van der Waals surface area contributed by atoms with Gasteiger partial charge in [-0.15, -0.1) is 0 Å². The van der Waals surface area contributed by atoms with Crippen LogP contribution in [0, 0.1) is 6.92 Å². The van der Waals surface area contributed by atoms with E-state index in [9.17, 15) is 13.2 Å². The Bertz CT molecular complexity index is 652. The number of rotatable bonds is 1. The molecule has 0 amide bonds. The number of fused-ring (bicyclic) bond motifs is 1. The molecule has 0 bridgehead atoms. The van der Waals surface area contributed by atoms with Gasteiger partial charge in [0.05, 0.1) is 16.9 Å². The quantitative estimate of drug-likeness (QED) is 0.800. The van der Waals surface area contributed by atoms with Gasteiger partial charge in [-0.2, -0.15) is 13.2 Å². The summed E-state index contributed by atoms with van der Waals surface area (Å²) in [5, 5.41) is 0. The van der Waals surface area contributed by atoms with E-state index in [2.05, 4.69) is 9.97 Å². The molecule has 6 heteroatoms. The predicted octanol–water partition coefficient (Wildman–Crippen LogP) is 3.50. The Balaban J connectivity index is 2.06. The molecule has 0 fully saturated rings. The predicted molar refractivity (Wildman–Crippen MR) is 68.9 cm³/mol. The Morgan fingerprint density at radius 3 is 2.80 bits per heavy atom. The van der Waals surface area contributed by atoms with Gasteiger partial charge in [0.25, 0.3) is 0 Å². The van der Waals surface area contributed by atoms with E-state index in [-0.39, 0.29) is 0 Å². The van der Waals surface area contributed by atoms with Crippen molar-refractivity contribution in [3.8, 4) is 0 Å². The summed E-state index contributed by atoms with van der Waals surface area (Å²) in [6.07, 6.45) is -1.96. The lowest BCUT2D eigenvalue weighted by molar-refractivity contribution is -0.137. The molecule has 0 saturated heterocycles. The summed E-state index contributed by atoms with van der Waals surface area (Å²) in [4.78, 5) is 10.2. The Labute approximate surface area is 114 Å². The van der Waals surface area contributed by atoms with Crippen molar-refractivity contribution in [3.63, 3.8) is 0 Å². The molecule has 2 aromatic heterocycles. The lowest BCUT2D eigenvalue weighted by atomic mass is 10.2. The molecule has 1 aliphatic heterocycles. The minimum atomic E-state index is -4.36. The number of aromatic nitrogens is 2. The van der Waals surface area contributed by atoms with Crippen molar-refractivity contribution >= 4 is 11.5 Å². The van der Waals surface area contributed by atoms with Crippen molar-refractivity contribution in [1.82, 2.24) is 9.97 Å². The first-order chi connectivity index (χ1) is 9.45. The maximum atomic E-state index is 12.9. The largest absolute Gasteiger partial charge is 0.416 e. The zero-order chi connectivity index (χ0) is 14.3.